The molecule has 0 unspecified atom stereocenters. The van der Waals surface area contributed by atoms with Gasteiger partial charge in [-0.2, -0.15) is 5.10 Å². The standard InChI is InChI=1S/C22H26N4OS/c1-13-5-10-18(17-12-23-14(2)11-19(17)27-3)26-20(13)21(22(24-26)28-4)25(15-6-7-15)16-8-9-16/h5,10-12,15-16H,6-9H2,1-4H3. The van der Waals surface area contributed by atoms with E-state index in [0.29, 0.717) is 12.1 Å². The number of ether oxygens (including phenoxy) is 1. The molecule has 2 saturated carbocycles. The van der Waals surface area contributed by atoms with Gasteiger partial charge in [0.15, 0.2) is 0 Å². The molecular weight excluding hydrogens is 368 g/mol. The molecule has 0 aliphatic heterocycles. The van der Waals surface area contributed by atoms with Gasteiger partial charge in [-0.25, -0.2) is 4.52 Å². The van der Waals surface area contributed by atoms with Gasteiger partial charge in [-0.1, -0.05) is 6.07 Å². The summed E-state index contributed by atoms with van der Waals surface area (Å²) in [6.07, 6.45) is 9.24. The number of hydrogen-bond donors (Lipinski definition) is 0. The fourth-order valence-corrected chi connectivity index (χ4v) is 4.67. The second-order valence-electron chi connectivity index (χ2n) is 7.92. The van der Waals surface area contributed by atoms with E-state index in [9.17, 15) is 0 Å². The fourth-order valence-electron chi connectivity index (χ4n) is 4.11. The van der Waals surface area contributed by atoms with Gasteiger partial charge in [0, 0.05) is 30.0 Å². The van der Waals surface area contributed by atoms with Crippen LogP contribution in [0.4, 0.5) is 5.69 Å². The molecule has 146 valence electrons. The third-order valence-corrected chi connectivity index (χ3v) is 6.41. The second-order valence-corrected chi connectivity index (χ2v) is 8.71. The molecule has 0 amide bonds. The molecule has 0 radical (unpaired) electrons. The van der Waals surface area contributed by atoms with Crippen LogP contribution in [0, 0.1) is 13.8 Å². The monoisotopic (exact) mass is 394 g/mol. The van der Waals surface area contributed by atoms with Crippen LogP contribution < -0.4 is 9.64 Å². The van der Waals surface area contributed by atoms with Gasteiger partial charge in [0.25, 0.3) is 0 Å². The van der Waals surface area contributed by atoms with Crippen LogP contribution in [0.3, 0.4) is 0 Å². The Morgan fingerprint density at radius 3 is 2.46 bits per heavy atom. The Hall–Kier alpha value is -2.21. The Labute approximate surface area is 170 Å². The Bertz CT molecular complexity index is 1040. The van der Waals surface area contributed by atoms with Gasteiger partial charge in [0.1, 0.15) is 10.8 Å². The van der Waals surface area contributed by atoms with Crippen LogP contribution >= 0.6 is 11.8 Å². The zero-order valence-electron chi connectivity index (χ0n) is 16.9. The van der Waals surface area contributed by atoms with Crippen LogP contribution in [-0.2, 0) is 0 Å². The van der Waals surface area contributed by atoms with E-state index in [1.165, 1.54) is 42.5 Å². The Morgan fingerprint density at radius 2 is 1.86 bits per heavy atom. The van der Waals surface area contributed by atoms with Crippen LogP contribution in [0.1, 0.15) is 36.9 Å². The van der Waals surface area contributed by atoms with Crippen LogP contribution in [0.15, 0.2) is 29.4 Å². The lowest BCUT2D eigenvalue weighted by Crippen LogP contribution is -2.28. The van der Waals surface area contributed by atoms with Gasteiger partial charge in [0.05, 0.1) is 29.6 Å². The summed E-state index contributed by atoms with van der Waals surface area (Å²) < 4.78 is 7.78. The number of fused-ring (bicyclic) bond motifs is 1. The van der Waals surface area contributed by atoms with Crippen molar-refractivity contribution in [2.75, 3.05) is 18.3 Å². The maximum atomic E-state index is 5.67. The van der Waals surface area contributed by atoms with Crippen molar-refractivity contribution in [1.29, 1.82) is 0 Å². The summed E-state index contributed by atoms with van der Waals surface area (Å²) >= 11 is 1.74. The maximum absolute atomic E-state index is 5.67. The van der Waals surface area contributed by atoms with Gasteiger partial charge in [-0.15, -0.1) is 11.8 Å². The summed E-state index contributed by atoms with van der Waals surface area (Å²) in [5.41, 5.74) is 6.77. The minimum absolute atomic E-state index is 0.685. The average molecular weight is 395 g/mol. The molecule has 0 N–H and O–H groups in total. The fraction of sp³-hybridized carbons (Fsp3) is 0.455. The quantitative estimate of drug-likeness (QED) is 0.558. The first-order valence-corrected chi connectivity index (χ1v) is 11.2. The molecule has 3 aromatic rings. The summed E-state index contributed by atoms with van der Waals surface area (Å²) in [7, 11) is 1.72. The maximum Gasteiger partial charge on any atom is 0.142 e. The highest BCUT2D eigenvalue weighted by molar-refractivity contribution is 7.98. The molecule has 0 atom stereocenters. The largest absolute Gasteiger partial charge is 0.496 e. The summed E-state index contributed by atoms with van der Waals surface area (Å²) in [6, 6.07) is 7.70. The molecule has 3 heterocycles. The summed E-state index contributed by atoms with van der Waals surface area (Å²) in [5.74, 6) is 0.835. The molecule has 2 aliphatic carbocycles. The molecule has 0 spiro atoms. The zero-order chi connectivity index (χ0) is 19.4. The normalized spacial score (nSPS) is 16.6. The summed E-state index contributed by atoms with van der Waals surface area (Å²) in [4.78, 5) is 7.19. The minimum atomic E-state index is 0.685. The highest BCUT2D eigenvalue weighted by atomic mass is 32.2. The van der Waals surface area contributed by atoms with Gasteiger partial charge in [-0.3, -0.25) is 4.98 Å². The van der Waals surface area contributed by atoms with E-state index < -0.39 is 0 Å². The van der Waals surface area contributed by atoms with E-state index in [-0.39, 0.29) is 0 Å². The first-order valence-electron chi connectivity index (χ1n) is 9.98. The average Bonchev–Trinajstić information content (AvgIpc) is 3.61. The van der Waals surface area contributed by atoms with Crippen molar-refractivity contribution in [2.45, 2.75) is 56.6 Å². The lowest BCUT2D eigenvalue weighted by atomic mass is 10.1. The van der Waals surface area contributed by atoms with E-state index in [1.54, 1.807) is 18.9 Å². The van der Waals surface area contributed by atoms with E-state index in [4.69, 9.17) is 9.84 Å². The number of nitrogens with zero attached hydrogens (tertiary/aromatic N) is 4. The van der Waals surface area contributed by atoms with E-state index in [0.717, 1.165) is 27.7 Å². The van der Waals surface area contributed by atoms with Crippen molar-refractivity contribution < 1.29 is 4.74 Å². The number of rotatable bonds is 6. The van der Waals surface area contributed by atoms with Crippen LogP contribution in [0.25, 0.3) is 16.8 Å². The number of anilines is 1. The molecule has 5 rings (SSSR count). The molecule has 28 heavy (non-hydrogen) atoms. The molecule has 5 nitrogen and oxygen atoms in total. The predicted molar refractivity (Wildman–Crippen MR) is 115 cm³/mol. The number of hydrogen-bond acceptors (Lipinski definition) is 5. The van der Waals surface area contributed by atoms with Crippen molar-refractivity contribution in [1.82, 2.24) is 14.6 Å². The van der Waals surface area contributed by atoms with E-state index >= 15 is 0 Å². The van der Waals surface area contributed by atoms with Crippen LogP contribution in [-0.4, -0.2) is 40.0 Å². The molecule has 2 fully saturated rings. The molecule has 3 aromatic heterocycles. The molecule has 2 aliphatic rings. The minimum Gasteiger partial charge on any atom is -0.496 e. The number of aromatic nitrogens is 3. The smallest absolute Gasteiger partial charge is 0.142 e. The molecule has 0 aromatic carbocycles. The van der Waals surface area contributed by atoms with Crippen molar-refractivity contribution in [3.05, 3.63) is 35.7 Å². The SMILES string of the molecule is COc1cc(C)ncc1-c1ccc(C)c2c(N(C3CC3)C3CC3)c(SC)nn12. The lowest BCUT2D eigenvalue weighted by molar-refractivity contribution is 0.415. The van der Waals surface area contributed by atoms with Crippen molar-refractivity contribution in [3.63, 3.8) is 0 Å². The second kappa shape index (κ2) is 6.69. The Morgan fingerprint density at radius 1 is 1.14 bits per heavy atom. The third-order valence-electron chi connectivity index (χ3n) is 5.75. The highest BCUT2D eigenvalue weighted by Gasteiger charge is 2.42. The van der Waals surface area contributed by atoms with Gasteiger partial charge >= 0.3 is 0 Å². The number of methoxy groups -OCH3 is 1. The van der Waals surface area contributed by atoms with E-state index in [1.807, 2.05) is 19.2 Å². The topological polar surface area (TPSA) is 42.7 Å². The van der Waals surface area contributed by atoms with Crippen molar-refractivity contribution in [3.8, 4) is 17.0 Å². The predicted octanol–water partition coefficient (Wildman–Crippen LogP) is 4.87. The number of thioether (sulfide) groups is 1. The van der Waals surface area contributed by atoms with Gasteiger partial charge in [0.2, 0.25) is 0 Å². The van der Waals surface area contributed by atoms with Gasteiger partial charge < -0.3 is 9.64 Å². The summed E-state index contributed by atoms with van der Waals surface area (Å²) in [6.45, 7) is 4.18. The molecular formula is C22H26N4OS. The Kier molecular flexibility index (Phi) is 4.27. The zero-order valence-corrected chi connectivity index (χ0v) is 17.7. The molecule has 0 saturated heterocycles. The van der Waals surface area contributed by atoms with Crippen molar-refractivity contribution >= 4 is 23.0 Å². The van der Waals surface area contributed by atoms with Crippen molar-refractivity contribution in [2.24, 2.45) is 0 Å². The first-order chi connectivity index (χ1) is 13.6. The Balaban J connectivity index is 1.77. The van der Waals surface area contributed by atoms with Crippen LogP contribution in [0.2, 0.25) is 0 Å². The van der Waals surface area contributed by atoms with Gasteiger partial charge in [-0.05, 0) is 57.4 Å². The highest BCUT2D eigenvalue weighted by Crippen LogP contribution is 2.47. The molecule has 6 heteroatoms. The number of aryl methyl sites for hydroxylation is 2. The van der Waals surface area contributed by atoms with E-state index in [2.05, 4.69) is 39.7 Å². The number of pyridine rings is 2. The summed E-state index contributed by atoms with van der Waals surface area (Å²) in [5, 5.41) is 6.18. The third kappa shape index (κ3) is 2.85. The molecule has 0 bridgehead atoms. The van der Waals surface area contributed by atoms with Crippen LogP contribution in [0.5, 0.6) is 5.75 Å². The first kappa shape index (κ1) is 17.9. The lowest BCUT2D eigenvalue weighted by Gasteiger charge is -2.25.